The lowest BCUT2D eigenvalue weighted by molar-refractivity contribution is -0.115. The first-order chi connectivity index (χ1) is 10.1. The summed E-state index contributed by atoms with van der Waals surface area (Å²) in [7, 11) is 0. The van der Waals surface area contributed by atoms with Crippen molar-refractivity contribution in [1.82, 2.24) is 14.4 Å². The molecule has 0 bridgehead atoms. The van der Waals surface area contributed by atoms with Gasteiger partial charge in [-0.3, -0.25) is 4.79 Å². The smallest absolute Gasteiger partial charge is 0.231 e. The topological polar surface area (TPSA) is 59.3 Å². The van der Waals surface area contributed by atoms with Gasteiger partial charge in [-0.15, -0.1) is 0 Å². The molecule has 1 amide bonds. The van der Waals surface area contributed by atoms with Gasteiger partial charge in [-0.05, 0) is 30.7 Å². The van der Waals surface area contributed by atoms with Crippen LogP contribution in [0, 0.1) is 12.7 Å². The number of fused-ring (bicyclic) bond motifs is 1. The van der Waals surface area contributed by atoms with Crippen LogP contribution in [0.25, 0.3) is 5.65 Å². The van der Waals surface area contributed by atoms with E-state index in [1.54, 1.807) is 28.9 Å². The molecule has 3 rings (SSSR count). The van der Waals surface area contributed by atoms with Gasteiger partial charge in [0, 0.05) is 18.6 Å². The molecule has 0 aliphatic heterocycles. The number of nitrogens with one attached hydrogen (secondary N) is 1. The predicted octanol–water partition coefficient (Wildman–Crippen LogP) is 2.36. The van der Waals surface area contributed by atoms with Gasteiger partial charge in [-0.25, -0.2) is 14.4 Å². The van der Waals surface area contributed by atoms with Crippen molar-refractivity contribution < 1.29 is 9.18 Å². The van der Waals surface area contributed by atoms with Crippen LogP contribution in [0.2, 0.25) is 0 Å². The molecule has 0 aromatic carbocycles. The monoisotopic (exact) mass is 284 g/mol. The van der Waals surface area contributed by atoms with Crippen molar-refractivity contribution in [3.8, 4) is 0 Å². The summed E-state index contributed by atoms with van der Waals surface area (Å²) in [4.78, 5) is 20.3. The first-order valence-electron chi connectivity index (χ1n) is 6.46. The van der Waals surface area contributed by atoms with Crippen LogP contribution in [0.4, 0.5) is 10.2 Å². The second-order valence-electron chi connectivity index (χ2n) is 4.79. The molecule has 0 saturated heterocycles. The highest BCUT2D eigenvalue weighted by Crippen LogP contribution is 2.09. The molecule has 0 fully saturated rings. The number of hydrogen-bond acceptors (Lipinski definition) is 3. The Morgan fingerprint density at radius 2 is 2.14 bits per heavy atom. The Balaban J connectivity index is 1.72. The number of amides is 1. The molecule has 0 aliphatic carbocycles. The van der Waals surface area contributed by atoms with E-state index in [0.29, 0.717) is 17.2 Å². The fourth-order valence-electron chi connectivity index (χ4n) is 2.00. The maximum absolute atomic E-state index is 13.1. The highest BCUT2D eigenvalue weighted by molar-refractivity contribution is 5.91. The third-order valence-electron chi connectivity index (χ3n) is 2.99. The van der Waals surface area contributed by atoms with Gasteiger partial charge in [0.2, 0.25) is 5.91 Å². The second kappa shape index (κ2) is 5.32. The number of carbonyl (C=O) groups is 1. The van der Waals surface area contributed by atoms with E-state index >= 15 is 0 Å². The van der Waals surface area contributed by atoms with Gasteiger partial charge in [-0.1, -0.05) is 6.07 Å². The molecule has 5 nitrogen and oxygen atoms in total. The first-order valence-corrected chi connectivity index (χ1v) is 6.46. The van der Waals surface area contributed by atoms with Gasteiger partial charge in [0.05, 0.1) is 12.1 Å². The maximum atomic E-state index is 13.1. The SMILES string of the molecule is Cc1ccc(NC(=O)Cc2cn3cc(F)ccc3n2)nc1. The average Bonchev–Trinajstić information content (AvgIpc) is 2.82. The summed E-state index contributed by atoms with van der Waals surface area (Å²) in [5, 5.41) is 2.70. The normalized spacial score (nSPS) is 10.8. The standard InChI is InChI=1S/C15H13FN4O/c1-10-2-4-13(17-7-10)19-15(21)6-12-9-20-8-11(16)3-5-14(20)18-12/h2-5,7-9H,6H2,1H3,(H,17,19,21). The molecule has 0 spiro atoms. The molecule has 0 saturated carbocycles. The third kappa shape index (κ3) is 3.05. The lowest BCUT2D eigenvalue weighted by atomic mass is 10.3. The van der Waals surface area contributed by atoms with Crippen LogP contribution in [-0.2, 0) is 11.2 Å². The Labute approximate surface area is 120 Å². The number of hydrogen-bond donors (Lipinski definition) is 1. The zero-order valence-corrected chi connectivity index (χ0v) is 11.4. The van der Waals surface area contributed by atoms with Gasteiger partial charge in [0.15, 0.2) is 0 Å². The van der Waals surface area contributed by atoms with Crippen molar-refractivity contribution in [2.24, 2.45) is 0 Å². The molecule has 0 radical (unpaired) electrons. The minimum atomic E-state index is -0.347. The van der Waals surface area contributed by atoms with Crippen LogP contribution in [0.15, 0.2) is 42.9 Å². The number of nitrogens with zero attached hydrogens (tertiary/aromatic N) is 3. The minimum Gasteiger partial charge on any atom is -0.310 e. The summed E-state index contributed by atoms with van der Waals surface area (Å²) in [6.45, 7) is 1.92. The van der Waals surface area contributed by atoms with Crippen molar-refractivity contribution in [2.75, 3.05) is 5.32 Å². The van der Waals surface area contributed by atoms with E-state index in [0.717, 1.165) is 5.56 Å². The highest BCUT2D eigenvalue weighted by Gasteiger charge is 2.09. The van der Waals surface area contributed by atoms with Crippen molar-refractivity contribution >= 4 is 17.4 Å². The number of rotatable bonds is 3. The molecule has 6 heteroatoms. The van der Waals surface area contributed by atoms with E-state index in [1.165, 1.54) is 12.3 Å². The lowest BCUT2D eigenvalue weighted by Gasteiger charge is -2.02. The summed E-state index contributed by atoms with van der Waals surface area (Å²) in [5.41, 5.74) is 2.20. The van der Waals surface area contributed by atoms with Crippen LogP contribution in [0.1, 0.15) is 11.3 Å². The Bertz CT molecular complexity index is 795. The molecule has 21 heavy (non-hydrogen) atoms. The number of carbonyl (C=O) groups excluding carboxylic acids is 1. The van der Waals surface area contributed by atoms with Gasteiger partial charge in [0.1, 0.15) is 17.3 Å². The molecular formula is C15H13FN4O. The average molecular weight is 284 g/mol. The number of pyridine rings is 2. The third-order valence-corrected chi connectivity index (χ3v) is 2.99. The van der Waals surface area contributed by atoms with Crippen molar-refractivity contribution in [1.29, 1.82) is 0 Å². The Morgan fingerprint density at radius 1 is 1.29 bits per heavy atom. The van der Waals surface area contributed by atoms with E-state index in [-0.39, 0.29) is 18.1 Å². The summed E-state index contributed by atoms with van der Waals surface area (Å²) in [6, 6.07) is 6.52. The number of halogens is 1. The summed E-state index contributed by atoms with van der Waals surface area (Å²) in [6.07, 6.45) is 4.76. The maximum Gasteiger partial charge on any atom is 0.231 e. The van der Waals surface area contributed by atoms with E-state index in [2.05, 4.69) is 15.3 Å². The largest absolute Gasteiger partial charge is 0.310 e. The number of aromatic nitrogens is 3. The highest BCUT2D eigenvalue weighted by atomic mass is 19.1. The van der Waals surface area contributed by atoms with Gasteiger partial charge < -0.3 is 9.72 Å². The van der Waals surface area contributed by atoms with E-state index in [9.17, 15) is 9.18 Å². The molecule has 0 aliphatic rings. The van der Waals surface area contributed by atoms with Crippen LogP contribution < -0.4 is 5.32 Å². The van der Waals surface area contributed by atoms with Crippen molar-refractivity contribution in [3.05, 3.63) is 59.9 Å². The number of aryl methyl sites for hydroxylation is 1. The van der Waals surface area contributed by atoms with E-state index < -0.39 is 0 Å². The fourth-order valence-corrected chi connectivity index (χ4v) is 2.00. The zero-order chi connectivity index (χ0) is 14.8. The second-order valence-corrected chi connectivity index (χ2v) is 4.79. The van der Waals surface area contributed by atoms with Crippen molar-refractivity contribution in [2.45, 2.75) is 13.3 Å². The fraction of sp³-hybridized carbons (Fsp3) is 0.133. The quantitative estimate of drug-likeness (QED) is 0.803. The molecule has 3 aromatic heterocycles. The zero-order valence-electron chi connectivity index (χ0n) is 11.4. The van der Waals surface area contributed by atoms with Crippen LogP contribution >= 0.6 is 0 Å². The van der Waals surface area contributed by atoms with E-state index in [4.69, 9.17) is 0 Å². The summed E-state index contributed by atoms with van der Waals surface area (Å²) < 4.78 is 14.6. The van der Waals surface area contributed by atoms with Gasteiger partial charge >= 0.3 is 0 Å². The Morgan fingerprint density at radius 3 is 2.90 bits per heavy atom. The molecule has 0 unspecified atom stereocenters. The van der Waals surface area contributed by atoms with Crippen LogP contribution in [-0.4, -0.2) is 20.3 Å². The molecule has 106 valence electrons. The molecule has 1 N–H and O–H groups in total. The predicted molar refractivity (Wildman–Crippen MR) is 76.5 cm³/mol. The Hall–Kier alpha value is -2.76. The first kappa shape index (κ1) is 13.2. The van der Waals surface area contributed by atoms with Crippen LogP contribution in [0.5, 0.6) is 0 Å². The Kier molecular flexibility index (Phi) is 3.35. The van der Waals surface area contributed by atoms with Gasteiger partial charge in [-0.2, -0.15) is 0 Å². The molecule has 0 atom stereocenters. The lowest BCUT2D eigenvalue weighted by Crippen LogP contribution is -2.15. The van der Waals surface area contributed by atoms with Gasteiger partial charge in [0.25, 0.3) is 0 Å². The van der Waals surface area contributed by atoms with E-state index in [1.807, 2.05) is 13.0 Å². The van der Waals surface area contributed by atoms with Crippen molar-refractivity contribution in [3.63, 3.8) is 0 Å². The van der Waals surface area contributed by atoms with Crippen LogP contribution in [0.3, 0.4) is 0 Å². The molecule has 3 aromatic rings. The number of imidazole rings is 1. The summed E-state index contributed by atoms with van der Waals surface area (Å²) in [5.74, 6) is -0.0598. The molecule has 3 heterocycles. The molecular weight excluding hydrogens is 271 g/mol. The number of anilines is 1. The minimum absolute atomic E-state index is 0.110. The summed E-state index contributed by atoms with van der Waals surface area (Å²) >= 11 is 0.